The van der Waals surface area contributed by atoms with Gasteiger partial charge in [-0.15, -0.1) is 11.3 Å². The van der Waals surface area contributed by atoms with Crippen molar-refractivity contribution in [3.05, 3.63) is 51.2 Å². The summed E-state index contributed by atoms with van der Waals surface area (Å²) in [5.74, 6) is 0. The summed E-state index contributed by atoms with van der Waals surface area (Å²) in [6.45, 7) is 5.39. The van der Waals surface area contributed by atoms with Gasteiger partial charge in [-0.2, -0.15) is 0 Å². The monoisotopic (exact) mass is 261 g/mol. The molecule has 2 aromatic rings. The van der Waals surface area contributed by atoms with Crippen molar-refractivity contribution >= 4 is 17.0 Å². The number of nitrogens with one attached hydrogen (secondary N) is 1. The van der Waals surface area contributed by atoms with Crippen LogP contribution in [0.2, 0.25) is 0 Å². The molecule has 0 atom stereocenters. The van der Waals surface area contributed by atoms with Gasteiger partial charge in [-0.05, 0) is 49.6 Å². The Labute approximate surface area is 112 Å². The zero-order valence-electron chi connectivity index (χ0n) is 10.9. The minimum absolute atomic E-state index is 0.208. The number of aliphatic hydroxyl groups excluding tert-OH is 1. The molecule has 0 bridgehead atoms. The molecule has 1 aromatic heterocycles. The van der Waals surface area contributed by atoms with Gasteiger partial charge in [0, 0.05) is 28.6 Å². The molecule has 2 N–H and O–H groups in total. The zero-order chi connectivity index (χ0) is 13.0. The van der Waals surface area contributed by atoms with Crippen molar-refractivity contribution in [2.45, 2.75) is 26.8 Å². The summed E-state index contributed by atoms with van der Waals surface area (Å²) >= 11 is 1.85. The summed E-state index contributed by atoms with van der Waals surface area (Å²) < 4.78 is 0. The van der Waals surface area contributed by atoms with E-state index in [0.29, 0.717) is 0 Å². The van der Waals surface area contributed by atoms with Crippen LogP contribution in [0.1, 0.15) is 20.9 Å². The molecule has 0 saturated heterocycles. The fourth-order valence-corrected chi connectivity index (χ4v) is 2.92. The van der Waals surface area contributed by atoms with E-state index in [2.05, 4.69) is 49.5 Å². The first kappa shape index (κ1) is 13.1. The smallest absolute Gasteiger partial charge is 0.0471 e. The lowest BCUT2D eigenvalue weighted by atomic mass is 10.1. The highest BCUT2D eigenvalue weighted by atomic mass is 32.1. The molecule has 1 aromatic carbocycles. The van der Waals surface area contributed by atoms with Crippen molar-refractivity contribution in [2.24, 2.45) is 0 Å². The van der Waals surface area contributed by atoms with E-state index in [0.717, 1.165) is 18.7 Å². The van der Waals surface area contributed by atoms with E-state index < -0.39 is 0 Å². The maximum atomic E-state index is 8.86. The largest absolute Gasteiger partial charge is 0.396 e. The Morgan fingerprint density at radius 1 is 1.17 bits per heavy atom. The molecule has 0 fully saturated rings. The topological polar surface area (TPSA) is 32.3 Å². The van der Waals surface area contributed by atoms with Crippen LogP contribution < -0.4 is 5.32 Å². The highest BCUT2D eigenvalue weighted by molar-refractivity contribution is 7.12. The molecule has 0 saturated carbocycles. The number of rotatable bonds is 5. The Bertz CT molecular complexity index is 502. The summed E-state index contributed by atoms with van der Waals surface area (Å²) in [5.41, 5.74) is 3.67. The van der Waals surface area contributed by atoms with Crippen LogP contribution in [0.5, 0.6) is 0 Å². The minimum atomic E-state index is 0.208. The molecule has 0 aliphatic heterocycles. The predicted molar refractivity (Wildman–Crippen MR) is 78.4 cm³/mol. The average Bonchev–Trinajstić information content (AvgIpc) is 2.67. The summed E-state index contributed by atoms with van der Waals surface area (Å²) in [7, 11) is 0. The molecule has 0 spiro atoms. The summed E-state index contributed by atoms with van der Waals surface area (Å²) in [5, 5.41) is 12.3. The van der Waals surface area contributed by atoms with E-state index in [9.17, 15) is 0 Å². The van der Waals surface area contributed by atoms with Crippen LogP contribution in [0.25, 0.3) is 0 Å². The van der Waals surface area contributed by atoms with Gasteiger partial charge in [-0.25, -0.2) is 0 Å². The summed E-state index contributed by atoms with van der Waals surface area (Å²) in [6.07, 6.45) is 0.725. The Morgan fingerprint density at radius 2 is 1.89 bits per heavy atom. The van der Waals surface area contributed by atoms with E-state index in [1.54, 1.807) is 0 Å². The lowest BCUT2D eigenvalue weighted by molar-refractivity contribution is 0.299. The van der Waals surface area contributed by atoms with Gasteiger partial charge in [0.2, 0.25) is 0 Å². The van der Waals surface area contributed by atoms with Gasteiger partial charge in [-0.1, -0.05) is 12.1 Å². The van der Waals surface area contributed by atoms with Gasteiger partial charge >= 0.3 is 0 Å². The Kier molecular flexibility index (Phi) is 4.39. The van der Waals surface area contributed by atoms with E-state index >= 15 is 0 Å². The molecule has 0 aliphatic rings. The molecule has 2 rings (SSSR count). The first-order chi connectivity index (χ1) is 8.69. The highest BCUT2D eigenvalue weighted by Crippen LogP contribution is 2.21. The Morgan fingerprint density at radius 3 is 2.44 bits per heavy atom. The number of benzene rings is 1. The van der Waals surface area contributed by atoms with Crippen LogP contribution in [-0.2, 0) is 13.0 Å². The first-order valence-corrected chi connectivity index (χ1v) is 7.00. The summed E-state index contributed by atoms with van der Waals surface area (Å²) in [6, 6.07) is 10.5. The number of hydrogen-bond acceptors (Lipinski definition) is 3. The van der Waals surface area contributed by atoms with E-state index in [-0.39, 0.29) is 6.61 Å². The predicted octanol–water partition coefficient (Wildman–Crippen LogP) is 3.51. The summed E-state index contributed by atoms with van der Waals surface area (Å²) in [4.78, 5) is 2.75. The normalized spacial score (nSPS) is 10.6. The van der Waals surface area contributed by atoms with Gasteiger partial charge < -0.3 is 10.4 Å². The second-order valence-electron chi connectivity index (χ2n) is 4.46. The third-order valence-electron chi connectivity index (χ3n) is 2.98. The second kappa shape index (κ2) is 6.03. The molecule has 3 heteroatoms. The van der Waals surface area contributed by atoms with Gasteiger partial charge in [0.05, 0.1) is 0 Å². The van der Waals surface area contributed by atoms with Crippen molar-refractivity contribution in [3.8, 4) is 0 Å². The van der Waals surface area contributed by atoms with Crippen LogP contribution in [-0.4, -0.2) is 11.7 Å². The SMILES string of the molecule is Cc1cc(CNc2ccc(CCO)cc2)c(C)s1. The Hall–Kier alpha value is -1.32. The fourth-order valence-electron chi connectivity index (χ4n) is 1.97. The van der Waals surface area contributed by atoms with Gasteiger partial charge in [-0.3, -0.25) is 0 Å². The minimum Gasteiger partial charge on any atom is -0.396 e. The van der Waals surface area contributed by atoms with Gasteiger partial charge in [0.1, 0.15) is 0 Å². The quantitative estimate of drug-likeness (QED) is 0.863. The average molecular weight is 261 g/mol. The molecular formula is C15H19NOS. The Balaban J connectivity index is 1.95. The van der Waals surface area contributed by atoms with Crippen LogP contribution in [0.4, 0.5) is 5.69 Å². The van der Waals surface area contributed by atoms with Crippen molar-refractivity contribution in [2.75, 3.05) is 11.9 Å². The lowest BCUT2D eigenvalue weighted by Crippen LogP contribution is -1.99. The van der Waals surface area contributed by atoms with E-state index in [4.69, 9.17) is 5.11 Å². The van der Waals surface area contributed by atoms with E-state index in [1.807, 2.05) is 11.3 Å². The highest BCUT2D eigenvalue weighted by Gasteiger charge is 2.02. The molecule has 0 amide bonds. The van der Waals surface area contributed by atoms with E-state index in [1.165, 1.54) is 20.9 Å². The van der Waals surface area contributed by atoms with Crippen LogP contribution in [0, 0.1) is 13.8 Å². The molecule has 0 unspecified atom stereocenters. The van der Waals surface area contributed by atoms with Crippen LogP contribution in [0.15, 0.2) is 30.3 Å². The van der Waals surface area contributed by atoms with Gasteiger partial charge in [0.15, 0.2) is 0 Å². The molecule has 96 valence electrons. The number of aryl methyl sites for hydroxylation is 2. The molecule has 0 aliphatic carbocycles. The fraction of sp³-hybridized carbons (Fsp3) is 0.333. The third kappa shape index (κ3) is 3.34. The molecule has 0 radical (unpaired) electrons. The number of hydrogen-bond donors (Lipinski definition) is 2. The number of anilines is 1. The lowest BCUT2D eigenvalue weighted by Gasteiger charge is -2.07. The molecular weight excluding hydrogens is 242 g/mol. The van der Waals surface area contributed by atoms with Crippen molar-refractivity contribution in [3.63, 3.8) is 0 Å². The first-order valence-electron chi connectivity index (χ1n) is 6.18. The van der Waals surface area contributed by atoms with Crippen LogP contribution in [0.3, 0.4) is 0 Å². The molecule has 18 heavy (non-hydrogen) atoms. The van der Waals surface area contributed by atoms with Crippen LogP contribution >= 0.6 is 11.3 Å². The van der Waals surface area contributed by atoms with Gasteiger partial charge in [0.25, 0.3) is 0 Å². The van der Waals surface area contributed by atoms with Crippen molar-refractivity contribution < 1.29 is 5.11 Å². The maximum absolute atomic E-state index is 8.86. The molecule has 2 nitrogen and oxygen atoms in total. The number of aliphatic hydroxyl groups is 1. The standard InChI is InChI=1S/C15H19NOS/c1-11-9-14(12(2)18-11)10-16-15-5-3-13(4-6-15)7-8-17/h3-6,9,16-17H,7-8,10H2,1-2H3. The van der Waals surface area contributed by atoms with Crippen molar-refractivity contribution in [1.82, 2.24) is 0 Å². The molecule has 1 heterocycles. The number of thiophene rings is 1. The van der Waals surface area contributed by atoms with Crippen molar-refractivity contribution in [1.29, 1.82) is 0 Å². The second-order valence-corrected chi connectivity index (χ2v) is 5.92. The third-order valence-corrected chi connectivity index (χ3v) is 3.99. The maximum Gasteiger partial charge on any atom is 0.0471 e. The zero-order valence-corrected chi connectivity index (χ0v) is 11.7.